The molecule has 4 nitrogen and oxygen atoms in total. The summed E-state index contributed by atoms with van der Waals surface area (Å²) in [4.78, 5) is 11.9. The summed E-state index contributed by atoms with van der Waals surface area (Å²) in [7, 11) is 0. The fraction of sp³-hybridized carbons (Fsp3) is 0.0667. The molecule has 0 aliphatic heterocycles. The third-order valence-corrected chi connectivity index (χ3v) is 3.41. The Hall–Kier alpha value is -2.25. The Labute approximate surface area is 144 Å². The maximum atomic E-state index is 12.9. The van der Waals surface area contributed by atoms with Crippen molar-refractivity contribution in [2.45, 2.75) is 6.18 Å². The molecule has 9 heteroatoms. The first-order valence-corrected chi connectivity index (χ1v) is 7.13. The van der Waals surface area contributed by atoms with Gasteiger partial charge in [0, 0.05) is 10.6 Å². The van der Waals surface area contributed by atoms with Gasteiger partial charge in [-0.25, -0.2) is 5.43 Å². The highest BCUT2D eigenvalue weighted by molar-refractivity contribution is 6.36. The van der Waals surface area contributed by atoms with Crippen LogP contribution in [0.2, 0.25) is 10.0 Å². The largest absolute Gasteiger partial charge is 0.506 e. The topological polar surface area (TPSA) is 61.7 Å². The number of halogens is 5. The van der Waals surface area contributed by atoms with Crippen LogP contribution in [0, 0.1) is 0 Å². The average molecular weight is 377 g/mol. The van der Waals surface area contributed by atoms with Crippen molar-refractivity contribution in [1.29, 1.82) is 0 Å². The number of benzene rings is 2. The lowest BCUT2D eigenvalue weighted by atomic mass is 10.1. The molecule has 0 atom stereocenters. The normalized spacial score (nSPS) is 11.7. The van der Waals surface area contributed by atoms with Crippen LogP contribution in [0.4, 0.5) is 13.2 Å². The zero-order valence-corrected chi connectivity index (χ0v) is 13.2. The standard InChI is InChI=1S/C15H9Cl2F3N2O2/c16-9-5-8(13(23)12(17)6-9)7-21-22-14(24)10-3-1-2-4-11(10)15(18,19)20/h1-7,23H,(H,22,24). The number of nitrogens with zero attached hydrogens (tertiary/aromatic N) is 1. The van der Waals surface area contributed by atoms with Crippen molar-refractivity contribution in [3.63, 3.8) is 0 Å². The molecule has 2 aromatic carbocycles. The van der Waals surface area contributed by atoms with Crippen LogP contribution in [0.25, 0.3) is 0 Å². The van der Waals surface area contributed by atoms with Crippen molar-refractivity contribution in [2.24, 2.45) is 5.10 Å². The molecule has 0 heterocycles. The zero-order valence-electron chi connectivity index (χ0n) is 11.7. The molecule has 0 fully saturated rings. The molecule has 0 radical (unpaired) electrons. The number of carbonyl (C=O) groups excluding carboxylic acids is 1. The highest BCUT2D eigenvalue weighted by Crippen LogP contribution is 2.32. The molecule has 126 valence electrons. The molecule has 2 N–H and O–H groups in total. The van der Waals surface area contributed by atoms with Gasteiger partial charge in [-0.1, -0.05) is 35.3 Å². The number of phenols is 1. The molecular formula is C15H9Cl2F3N2O2. The van der Waals surface area contributed by atoms with Gasteiger partial charge in [-0.3, -0.25) is 4.79 Å². The maximum Gasteiger partial charge on any atom is 0.417 e. The predicted molar refractivity (Wildman–Crippen MR) is 84.6 cm³/mol. The number of hydrogen-bond acceptors (Lipinski definition) is 3. The molecular weight excluding hydrogens is 368 g/mol. The Morgan fingerprint density at radius 1 is 1.21 bits per heavy atom. The van der Waals surface area contributed by atoms with Crippen LogP contribution in [0.15, 0.2) is 41.5 Å². The molecule has 24 heavy (non-hydrogen) atoms. The van der Waals surface area contributed by atoms with E-state index in [1.54, 1.807) is 0 Å². The summed E-state index contributed by atoms with van der Waals surface area (Å²) in [6.07, 6.45) is -3.66. The van der Waals surface area contributed by atoms with Crippen molar-refractivity contribution in [3.8, 4) is 5.75 Å². The number of hydrazone groups is 1. The van der Waals surface area contributed by atoms with Crippen molar-refractivity contribution in [2.75, 3.05) is 0 Å². The van der Waals surface area contributed by atoms with Crippen molar-refractivity contribution in [1.82, 2.24) is 5.43 Å². The number of hydrogen-bond donors (Lipinski definition) is 2. The quantitative estimate of drug-likeness (QED) is 0.612. The number of carbonyl (C=O) groups is 1. The fourth-order valence-electron chi connectivity index (χ4n) is 1.83. The third-order valence-electron chi connectivity index (χ3n) is 2.90. The van der Waals surface area contributed by atoms with Gasteiger partial charge in [-0.05, 0) is 24.3 Å². The number of aromatic hydroxyl groups is 1. The number of rotatable bonds is 3. The van der Waals surface area contributed by atoms with E-state index >= 15 is 0 Å². The van der Waals surface area contributed by atoms with Gasteiger partial charge in [0.1, 0.15) is 5.75 Å². The predicted octanol–water partition coefficient (Wildman–Crippen LogP) is 4.48. The van der Waals surface area contributed by atoms with Crippen LogP contribution in [-0.2, 0) is 6.18 Å². The minimum atomic E-state index is -4.67. The number of amides is 1. The summed E-state index contributed by atoms with van der Waals surface area (Å²) >= 11 is 11.5. The van der Waals surface area contributed by atoms with E-state index in [0.717, 1.165) is 18.3 Å². The molecule has 0 aliphatic rings. The van der Waals surface area contributed by atoms with Crippen LogP contribution in [0.1, 0.15) is 21.5 Å². The van der Waals surface area contributed by atoms with Crippen molar-refractivity contribution >= 4 is 35.3 Å². The van der Waals surface area contributed by atoms with Gasteiger partial charge in [0.05, 0.1) is 22.4 Å². The second kappa shape index (κ2) is 7.11. The van der Waals surface area contributed by atoms with E-state index in [-0.39, 0.29) is 21.4 Å². The fourth-order valence-corrected chi connectivity index (χ4v) is 2.34. The lowest BCUT2D eigenvalue weighted by Gasteiger charge is -2.11. The van der Waals surface area contributed by atoms with Crippen molar-refractivity contribution < 1.29 is 23.1 Å². The summed E-state index contributed by atoms with van der Waals surface area (Å²) in [6.45, 7) is 0. The van der Waals surface area contributed by atoms with Gasteiger partial charge in [0.25, 0.3) is 5.91 Å². The molecule has 1 amide bonds. The smallest absolute Gasteiger partial charge is 0.417 e. The molecule has 0 saturated heterocycles. The van der Waals surface area contributed by atoms with Crippen molar-refractivity contribution in [3.05, 3.63) is 63.1 Å². The van der Waals surface area contributed by atoms with E-state index in [4.69, 9.17) is 23.2 Å². The van der Waals surface area contributed by atoms with Gasteiger partial charge in [-0.15, -0.1) is 0 Å². The Balaban J connectivity index is 2.21. The summed E-state index contributed by atoms with van der Waals surface area (Å²) < 4.78 is 38.6. The number of phenolic OH excluding ortho intramolecular Hbond substituents is 1. The SMILES string of the molecule is O=C(NN=Cc1cc(Cl)cc(Cl)c1O)c1ccccc1C(F)(F)F. The lowest BCUT2D eigenvalue weighted by molar-refractivity contribution is -0.137. The van der Waals surface area contributed by atoms with Crippen LogP contribution in [-0.4, -0.2) is 17.2 Å². The summed E-state index contributed by atoms with van der Waals surface area (Å²) in [6, 6.07) is 6.92. The van der Waals surface area contributed by atoms with Gasteiger partial charge in [-0.2, -0.15) is 18.3 Å². The Kier molecular flexibility index (Phi) is 5.36. The molecule has 0 unspecified atom stereocenters. The van der Waals surface area contributed by atoms with Gasteiger partial charge in [0.2, 0.25) is 0 Å². The van der Waals surface area contributed by atoms with Gasteiger partial charge in [0.15, 0.2) is 0 Å². The van der Waals surface area contributed by atoms with E-state index in [1.807, 2.05) is 5.43 Å². The van der Waals surface area contributed by atoms with E-state index in [2.05, 4.69) is 5.10 Å². The van der Waals surface area contributed by atoms with E-state index in [1.165, 1.54) is 24.3 Å². The first-order chi connectivity index (χ1) is 11.2. The average Bonchev–Trinajstić information content (AvgIpc) is 2.51. The summed E-state index contributed by atoms with van der Waals surface area (Å²) in [5, 5.41) is 13.4. The Morgan fingerprint density at radius 2 is 1.88 bits per heavy atom. The number of nitrogens with one attached hydrogen (secondary N) is 1. The zero-order chi connectivity index (χ0) is 17.9. The van der Waals surface area contributed by atoms with Crippen LogP contribution in [0.5, 0.6) is 5.75 Å². The molecule has 0 spiro atoms. The highest BCUT2D eigenvalue weighted by atomic mass is 35.5. The maximum absolute atomic E-state index is 12.9. The van der Waals surface area contributed by atoms with Crippen LogP contribution < -0.4 is 5.43 Å². The third kappa shape index (κ3) is 4.18. The lowest BCUT2D eigenvalue weighted by Crippen LogP contribution is -2.22. The molecule has 0 aliphatic carbocycles. The minimum absolute atomic E-state index is 0.0299. The Bertz CT molecular complexity index is 808. The monoisotopic (exact) mass is 376 g/mol. The van der Waals surface area contributed by atoms with E-state index in [9.17, 15) is 23.1 Å². The Morgan fingerprint density at radius 3 is 2.54 bits per heavy atom. The summed E-state index contributed by atoms with van der Waals surface area (Å²) in [5.74, 6) is -1.37. The van der Waals surface area contributed by atoms with Crippen LogP contribution >= 0.6 is 23.2 Å². The second-order valence-corrected chi connectivity index (χ2v) is 5.41. The van der Waals surface area contributed by atoms with Gasteiger partial charge < -0.3 is 5.11 Å². The van der Waals surface area contributed by atoms with E-state index in [0.29, 0.717) is 0 Å². The molecule has 2 aromatic rings. The highest BCUT2D eigenvalue weighted by Gasteiger charge is 2.34. The molecule has 0 saturated carbocycles. The first kappa shape index (κ1) is 18.1. The first-order valence-electron chi connectivity index (χ1n) is 6.38. The number of alkyl halides is 3. The minimum Gasteiger partial charge on any atom is -0.506 e. The van der Waals surface area contributed by atoms with Gasteiger partial charge >= 0.3 is 6.18 Å². The van der Waals surface area contributed by atoms with Crippen LogP contribution in [0.3, 0.4) is 0 Å². The molecule has 2 rings (SSSR count). The molecule has 0 bridgehead atoms. The second-order valence-electron chi connectivity index (χ2n) is 4.57. The van der Waals surface area contributed by atoms with E-state index < -0.39 is 23.2 Å². The summed E-state index contributed by atoms with van der Waals surface area (Å²) in [5.41, 5.74) is 0.403. The molecule has 0 aromatic heterocycles.